The lowest BCUT2D eigenvalue weighted by atomic mass is 9.98. The summed E-state index contributed by atoms with van der Waals surface area (Å²) in [6.07, 6.45) is 1.76. The van der Waals surface area contributed by atoms with Crippen molar-refractivity contribution in [2.75, 3.05) is 11.4 Å². The third-order valence-corrected chi connectivity index (χ3v) is 9.27. The van der Waals surface area contributed by atoms with Crippen LogP contribution in [0.4, 0.5) is 5.69 Å². The largest absolute Gasteiger partial charge is 0.323 e. The van der Waals surface area contributed by atoms with Gasteiger partial charge in [-0.2, -0.15) is 5.21 Å². The Labute approximate surface area is 244 Å². The zero-order valence-electron chi connectivity index (χ0n) is 23.7. The van der Waals surface area contributed by atoms with Gasteiger partial charge in [0.25, 0.3) is 10.0 Å². The van der Waals surface area contributed by atoms with Crippen LogP contribution in [0.2, 0.25) is 0 Å². The first kappa shape index (κ1) is 27.3. The summed E-state index contributed by atoms with van der Waals surface area (Å²) in [4.78, 5) is 5.25. The number of nitrogens with one attached hydrogen (secondary N) is 1. The van der Waals surface area contributed by atoms with Crippen molar-refractivity contribution in [3.63, 3.8) is 0 Å². The predicted octanol–water partition coefficient (Wildman–Crippen LogP) is 6.02. The van der Waals surface area contributed by atoms with Gasteiger partial charge in [-0.3, -0.25) is 4.31 Å². The Bertz CT molecular complexity index is 1950. The highest BCUT2D eigenvalue weighted by Gasteiger charge is 2.23. The maximum atomic E-state index is 13.4. The summed E-state index contributed by atoms with van der Waals surface area (Å²) < 4.78 is 30.4. The molecule has 0 fully saturated rings. The molecular formula is C32H31N7O2S. The van der Waals surface area contributed by atoms with E-state index in [9.17, 15) is 8.42 Å². The summed E-state index contributed by atoms with van der Waals surface area (Å²) in [5.41, 5.74) is 7.42. The van der Waals surface area contributed by atoms with Gasteiger partial charge in [-0.15, -0.1) is 10.2 Å². The Hall–Kier alpha value is -4.83. The van der Waals surface area contributed by atoms with E-state index in [2.05, 4.69) is 56.4 Å². The number of hydrogen-bond acceptors (Lipinski definition) is 6. The lowest BCUT2D eigenvalue weighted by molar-refractivity contribution is 0.594. The molecule has 9 nitrogen and oxygen atoms in total. The number of hydrogen-bond donors (Lipinski definition) is 1. The molecule has 2 heterocycles. The zero-order chi connectivity index (χ0) is 29.3. The number of anilines is 1. The van der Waals surface area contributed by atoms with Crippen LogP contribution in [0.1, 0.15) is 30.3 Å². The van der Waals surface area contributed by atoms with Crippen molar-refractivity contribution in [1.29, 1.82) is 0 Å². The molecule has 0 bridgehead atoms. The van der Waals surface area contributed by atoms with Gasteiger partial charge in [0.05, 0.1) is 21.6 Å². The summed E-state index contributed by atoms with van der Waals surface area (Å²) in [6, 6.07) is 28.8. The standard InChI is InChI=1S/C32H31N7O2S/c1-4-10-30-33-31-22(2)19-25(38(3)42(40,41)26-11-6-5-7-12-26)20-29(31)39(30)21-23-15-17-24(18-16-23)27-13-8-9-14-28(27)32-34-36-37-35-32/h5-9,11-20H,4,10,21H2,1-3H3,(H,34,35,36,37). The van der Waals surface area contributed by atoms with Crippen LogP contribution >= 0.6 is 0 Å². The fourth-order valence-corrected chi connectivity index (χ4v) is 6.46. The van der Waals surface area contributed by atoms with E-state index in [1.807, 2.05) is 49.4 Å². The average Bonchev–Trinajstić information content (AvgIpc) is 3.67. The fourth-order valence-electron chi connectivity index (χ4n) is 5.26. The molecule has 2 aromatic heterocycles. The molecule has 6 aromatic rings. The summed E-state index contributed by atoms with van der Waals surface area (Å²) in [6.45, 7) is 4.73. The monoisotopic (exact) mass is 577 g/mol. The number of aromatic amines is 1. The number of imidazole rings is 1. The van der Waals surface area contributed by atoms with Gasteiger partial charge in [0.1, 0.15) is 5.82 Å². The second-order valence-corrected chi connectivity index (χ2v) is 12.2. The number of aryl methyl sites for hydroxylation is 2. The normalized spacial score (nSPS) is 11.7. The Morgan fingerprint density at radius 3 is 2.31 bits per heavy atom. The minimum atomic E-state index is -3.71. The quantitative estimate of drug-likeness (QED) is 0.225. The molecular weight excluding hydrogens is 546 g/mol. The molecule has 4 aromatic carbocycles. The van der Waals surface area contributed by atoms with Gasteiger partial charge in [0.2, 0.25) is 5.82 Å². The van der Waals surface area contributed by atoms with Crippen LogP contribution < -0.4 is 4.31 Å². The third kappa shape index (κ3) is 5.05. The SMILES string of the molecule is CCCc1nc2c(C)cc(N(C)S(=O)(=O)c3ccccc3)cc2n1Cc1ccc(-c2ccccc2-c2nn[nH]n2)cc1. The van der Waals surface area contributed by atoms with Crippen molar-refractivity contribution < 1.29 is 8.42 Å². The molecule has 0 unspecified atom stereocenters. The molecule has 0 amide bonds. The number of fused-ring (bicyclic) bond motifs is 1. The molecule has 0 aliphatic carbocycles. The molecule has 6 rings (SSSR count). The van der Waals surface area contributed by atoms with Crippen LogP contribution in [0.15, 0.2) is 95.9 Å². The summed E-state index contributed by atoms with van der Waals surface area (Å²) in [7, 11) is -2.12. The fraction of sp³-hybridized carbons (Fsp3) is 0.188. The van der Waals surface area contributed by atoms with Crippen LogP contribution in [0, 0.1) is 6.92 Å². The lowest BCUT2D eigenvalue weighted by Crippen LogP contribution is -2.26. The minimum Gasteiger partial charge on any atom is -0.323 e. The van der Waals surface area contributed by atoms with Gasteiger partial charge in [-0.1, -0.05) is 73.7 Å². The summed E-state index contributed by atoms with van der Waals surface area (Å²) in [5, 5.41) is 14.5. The number of H-pyrrole nitrogens is 1. The first-order valence-electron chi connectivity index (χ1n) is 13.8. The smallest absolute Gasteiger partial charge is 0.264 e. The third-order valence-electron chi connectivity index (χ3n) is 7.47. The van der Waals surface area contributed by atoms with Crippen LogP contribution in [0.25, 0.3) is 33.5 Å². The molecule has 0 saturated carbocycles. The maximum absolute atomic E-state index is 13.4. The minimum absolute atomic E-state index is 0.256. The molecule has 42 heavy (non-hydrogen) atoms. The molecule has 212 valence electrons. The molecule has 1 N–H and O–H groups in total. The highest BCUT2D eigenvalue weighted by Crippen LogP contribution is 2.32. The Morgan fingerprint density at radius 2 is 1.62 bits per heavy atom. The van der Waals surface area contributed by atoms with Crippen molar-refractivity contribution in [3.8, 4) is 22.5 Å². The van der Waals surface area contributed by atoms with Gasteiger partial charge >= 0.3 is 0 Å². The average molecular weight is 578 g/mol. The lowest BCUT2D eigenvalue weighted by Gasteiger charge is -2.20. The van der Waals surface area contributed by atoms with E-state index in [1.54, 1.807) is 31.3 Å². The topological polar surface area (TPSA) is 110 Å². The number of tetrazole rings is 1. The van der Waals surface area contributed by atoms with Crippen molar-refractivity contribution in [2.24, 2.45) is 0 Å². The first-order valence-corrected chi connectivity index (χ1v) is 15.3. The second-order valence-electron chi connectivity index (χ2n) is 10.3. The van der Waals surface area contributed by atoms with Crippen molar-refractivity contribution >= 4 is 26.7 Å². The highest BCUT2D eigenvalue weighted by atomic mass is 32.2. The molecule has 0 saturated heterocycles. The summed E-state index contributed by atoms with van der Waals surface area (Å²) in [5.74, 6) is 1.53. The number of sulfonamides is 1. The molecule has 0 aliphatic heterocycles. The number of aromatic nitrogens is 6. The van der Waals surface area contributed by atoms with E-state index in [4.69, 9.17) is 4.98 Å². The van der Waals surface area contributed by atoms with Crippen LogP contribution in [0.3, 0.4) is 0 Å². The van der Waals surface area contributed by atoms with Gasteiger partial charge < -0.3 is 4.57 Å². The molecule has 10 heteroatoms. The molecule has 0 aliphatic rings. The van der Waals surface area contributed by atoms with Gasteiger partial charge in [0.15, 0.2) is 0 Å². The Kier molecular flexibility index (Phi) is 7.30. The Morgan fingerprint density at radius 1 is 0.905 bits per heavy atom. The number of benzene rings is 4. The predicted molar refractivity (Wildman–Crippen MR) is 165 cm³/mol. The zero-order valence-corrected chi connectivity index (χ0v) is 24.5. The Balaban J connectivity index is 1.37. The van der Waals surface area contributed by atoms with Crippen LogP contribution in [-0.2, 0) is 23.0 Å². The van der Waals surface area contributed by atoms with E-state index in [-0.39, 0.29) is 4.90 Å². The highest BCUT2D eigenvalue weighted by molar-refractivity contribution is 7.92. The molecule has 0 spiro atoms. The van der Waals surface area contributed by atoms with Gasteiger partial charge in [-0.05, 0) is 65.1 Å². The van der Waals surface area contributed by atoms with E-state index >= 15 is 0 Å². The van der Waals surface area contributed by atoms with E-state index in [0.29, 0.717) is 18.1 Å². The maximum Gasteiger partial charge on any atom is 0.264 e. The van der Waals surface area contributed by atoms with Crippen molar-refractivity contribution in [3.05, 3.63) is 108 Å². The van der Waals surface area contributed by atoms with Gasteiger partial charge in [0, 0.05) is 25.6 Å². The van der Waals surface area contributed by atoms with Crippen molar-refractivity contribution in [2.45, 2.75) is 38.1 Å². The van der Waals surface area contributed by atoms with E-state index < -0.39 is 10.0 Å². The van der Waals surface area contributed by atoms with Crippen molar-refractivity contribution in [1.82, 2.24) is 30.2 Å². The van der Waals surface area contributed by atoms with Gasteiger partial charge in [-0.25, -0.2) is 13.4 Å². The van der Waals surface area contributed by atoms with E-state index in [0.717, 1.165) is 57.5 Å². The number of rotatable bonds is 9. The van der Waals surface area contributed by atoms with Crippen LogP contribution in [0.5, 0.6) is 0 Å². The first-order chi connectivity index (χ1) is 20.4. The molecule has 0 atom stereocenters. The second kappa shape index (κ2) is 11.2. The summed E-state index contributed by atoms with van der Waals surface area (Å²) >= 11 is 0. The molecule has 0 radical (unpaired) electrons. The van der Waals surface area contributed by atoms with E-state index in [1.165, 1.54) is 4.31 Å². The number of nitrogens with zero attached hydrogens (tertiary/aromatic N) is 6. The van der Waals surface area contributed by atoms with Crippen LogP contribution in [-0.4, -0.2) is 45.6 Å².